The summed E-state index contributed by atoms with van der Waals surface area (Å²) < 4.78 is 33.7. The third-order valence-corrected chi connectivity index (χ3v) is 6.22. The molecule has 1 unspecified atom stereocenters. The average Bonchev–Trinajstić information content (AvgIpc) is 3.23. The summed E-state index contributed by atoms with van der Waals surface area (Å²) in [7, 11) is 0. The van der Waals surface area contributed by atoms with E-state index in [1.54, 1.807) is 29.2 Å². The molecule has 0 aromatic heterocycles. The van der Waals surface area contributed by atoms with Gasteiger partial charge in [-0.3, -0.25) is 4.79 Å². The fraction of sp³-hybridized carbons (Fsp3) is 0.200. The number of fused-ring (bicyclic) bond motifs is 1. The molecule has 0 spiro atoms. The van der Waals surface area contributed by atoms with Gasteiger partial charge in [-0.05, 0) is 54.6 Å². The Morgan fingerprint density at radius 2 is 1.55 bits per heavy atom. The fourth-order valence-corrected chi connectivity index (χ4v) is 4.23. The van der Waals surface area contributed by atoms with E-state index in [4.69, 9.17) is 19.5 Å². The molecule has 1 amide bonds. The molecule has 6 nitrogen and oxygen atoms in total. The first-order valence-corrected chi connectivity index (χ1v) is 11.1. The van der Waals surface area contributed by atoms with Crippen LogP contribution in [0.2, 0.25) is 0 Å². The summed E-state index contributed by atoms with van der Waals surface area (Å²) in [6.07, 6.45) is 0. The lowest BCUT2D eigenvalue weighted by molar-refractivity contribution is -0.0459. The number of nitriles is 1. The second-order valence-electron chi connectivity index (χ2n) is 7.70. The van der Waals surface area contributed by atoms with Gasteiger partial charge >= 0.3 is 5.79 Å². The van der Waals surface area contributed by atoms with Gasteiger partial charge in [0.1, 0.15) is 5.82 Å². The number of nitrogens with zero attached hydrogens (tertiary/aromatic N) is 2. The van der Waals surface area contributed by atoms with Crippen molar-refractivity contribution in [3.8, 4) is 17.6 Å². The number of hydrogen-bond acceptors (Lipinski definition) is 5. The maximum Gasteiger partial charge on any atom is 0.305 e. The van der Waals surface area contributed by atoms with Crippen molar-refractivity contribution in [3.63, 3.8) is 0 Å². The average molecular weight is 509 g/mol. The molecule has 0 aliphatic carbocycles. The highest BCUT2D eigenvalue weighted by Crippen LogP contribution is 2.48. The number of morpholine rings is 1. The monoisotopic (exact) mass is 508 g/mol. The van der Waals surface area contributed by atoms with Crippen LogP contribution < -0.4 is 9.47 Å². The van der Waals surface area contributed by atoms with E-state index in [9.17, 15) is 4.79 Å². The lowest BCUT2D eigenvalue weighted by Gasteiger charge is -2.28. The predicted octanol–water partition coefficient (Wildman–Crippen LogP) is 4.60. The van der Waals surface area contributed by atoms with E-state index in [1.807, 2.05) is 24.3 Å². The lowest BCUT2D eigenvalue weighted by atomic mass is 9.96. The number of halogens is 2. The van der Waals surface area contributed by atoms with Crippen LogP contribution in [0.1, 0.15) is 27.0 Å². The second kappa shape index (κ2) is 8.50. The molecule has 0 saturated carbocycles. The lowest BCUT2D eigenvalue weighted by Crippen LogP contribution is -2.41. The Morgan fingerprint density at radius 3 is 2.15 bits per heavy atom. The first-order valence-electron chi connectivity index (χ1n) is 10.4. The smallest absolute Gasteiger partial charge is 0.305 e. The maximum atomic E-state index is 15.0. The summed E-state index contributed by atoms with van der Waals surface area (Å²) in [6, 6.07) is 18.9. The van der Waals surface area contributed by atoms with Crippen molar-refractivity contribution in [2.24, 2.45) is 0 Å². The summed E-state index contributed by atoms with van der Waals surface area (Å²) in [5.74, 6) is -2.04. The third kappa shape index (κ3) is 3.84. The van der Waals surface area contributed by atoms with Gasteiger partial charge < -0.3 is 19.1 Å². The van der Waals surface area contributed by atoms with Gasteiger partial charge in [0.2, 0.25) is 0 Å². The SMILES string of the molecule is N#Cc1ccc(C2(c3ccc(Br)cc3)Oc3cc(F)c(C(=O)N4CCOCC4)cc3O2)cc1. The Labute approximate surface area is 198 Å². The van der Waals surface area contributed by atoms with Gasteiger partial charge in [0.15, 0.2) is 11.5 Å². The molecule has 0 radical (unpaired) electrons. The van der Waals surface area contributed by atoms with Crippen molar-refractivity contribution in [2.75, 3.05) is 26.3 Å². The van der Waals surface area contributed by atoms with Gasteiger partial charge in [-0.2, -0.15) is 5.26 Å². The number of ether oxygens (including phenoxy) is 3. The van der Waals surface area contributed by atoms with Crippen molar-refractivity contribution in [2.45, 2.75) is 5.79 Å². The van der Waals surface area contributed by atoms with Crippen LogP contribution in [0.15, 0.2) is 65.1 Å². The number of amides is 1. The van der Waals surface area contributed by atoms with Crippen LogP contribution in [0.3, 0.4) is 0 Å². The van der Waals surface area contributed by atoms with Crippen LogP contribution in [-0.2, 0) is 10.5 Å². The largest absolute Gasteiger partial charge is 0.440 e. The Balaban J connectivity index is 1.57. The number of benzene rings is 3. The van der Waals surface area contributed by atoms with Gasteiger partial charge in [-0.15, -0.1) is 0 Å². The molecule has 2 aliphatic rings. The number of hydrogen-bond donors (Lipinski definition) is 0. The van der Waals surface area contributed by atoms with Gasteiger partial charge in [0.05, 0.1) is 30.4 Å². The zero-order valence-corrected chi connectivity index (χ0v) is 19.0. The van der Waals surface area contributed by atoms with E-state index in [-0.39, 0.29) is 17.1 Å². The van der Waals surface area contributed by atoms with Gasteiger partial charge in [-0.1, -0.05) is 15.9 Å². The molecule has 3 aromatic rings. The van der Waals surface area contributed by atoms with Crippen molar-refractivity contribution < 1.29 is 23.4 Å². The van der Waals surface area contributed by atoms with Gasteiger partial charge in [0, 0.05) is 34.8 Å². The van der Waals surface area contributed by atoms with Crippen LogP contribution in [0.4, 0.5) is 4.39 Å². The maximum absolute atomic E-state index is 15.0. The van der Waals surface area contributed by atoms with Crippen LogP contribution in [-0.4, -0.2) is 37.1 Å². The minimum Gasteiger partial charge on any atom is -0.440 e. The predicted molar refractivity (Wildman–Crippen MR) is 120 cm³/mol. The molecule has 1 fully saturated rings. The van der Waals surface area contributed by atoms with Crippen LogP contribution in [0, 0.1) is 17.1 Å². The van der Waals surface area contributed by atoms with Crippen LogP contribution in [0.5, 0.6) is 11.5 Å². The molecule has 0 N–H and O–H groups in total. The highest BCUT2D eigenvalue weighted by molar-refractivity contribution is 9.10. The van der Waals surface area contributed by atoms with Crippen molar-refractivity contribution in [1.29, 1.82) is 5.26 Å². The second-order valence-corrected chi connectivity index (χ2v) is 8.62. The summed E-state index contributed by atoms with van der Waals surface area (Å²) in [6.45, 7) is 1.65. The van der Waals surface area contributed by atoms with Crippen molar-refractivity contribution >= 4 is 21.8 Å². The number of carbonyl (C=O) groups is 1. The molecule has 2 aliphatic heterocycles. The van der Waals surface area contributed by atoms with Crippen molar-refractivity contribution in [1.82, 2.24) is 4.90 Å². The molecule has 2 heterocycles. The Morgan fingerprint density at radius 1 is 0.970 bits per heavy atom. The summed E-state index contributed by atoms with van der Waals surface area (Å²) >= 11 is 3.43. The van der Waals surface area contributed by atoms with E-state index < -0.39 is 17.5 Å². The van der Waals surface area contributed by atoms with E-state index in [1.165, 1.54) is 12.1 Å². The topological polar surface area (TPSA) is 71.8 Å². The minimum atomic E-state index is -1.40. The summed E-state index contributed by atoms with van der Waals surface area (Å²) in [5, 5.41) is 9.17. The van der Waals surface area contributed by atoms with Crippen LogP contribution >= 0.6 is 15.9 Å². The molecule has 8 heteroatoms. The van der Waals surface area contributed by atoms with E-state index >= 15 is 4.39 Å². The molecule has 1 atom stereocenters. The highest BCUT2D eigenvalue weighted by atomic mass is 79.9. The first kappa shape index (κ1) is 21.4. The zero-order valence-electron chi connectivity index (χ0n) is 17.4. The van der Waals surface area contributed by atoms with Gasteiger partial charge in [-0.25, -0.2) is 4.39 Å². The molecule has 166 valence electrons. The summed E-state index contributed by atoms with van der Waals surface area (Å²) in [5.41, 5.74) is 1.71. The standard InChI is InChI=1S/C25H18BrFN2O4/c26-19-7-5-18(6-8-19)25(17-3-1-16(15-28)2-4-17)32-22-13-20(21(27)14-23(22)33-25)24(30)29-9-11-31-12-10-29/h1-8,13-14H,9-12H2. The molecular weight excluding hydrogens is 491 g/mol. The third-order valence-electron chi connectivity index (χ3n) is 5.69. The minimum absolute atomic E-state index is 0.0781. The number of rotatable bonds is 3. The normalized spacial score (nSPS) is 19.2. The van der Waals surface area contributed by atoms with Crippen molar-refractivity contribution in [3.05, 3.63) is 93.2 Å². The highest BCUT2D eigenvalue weighted by Gasteiger charge is 2.46. The molecule has 33 heavy (non-hydrogen) atoms. The molecule has 0 bridgehead atoms. The molecular formula is C25H18BrFN2O4. The Hall–Kier alpha value is -3.41. The Kier molecular flexibility index (Phi) is 5.52. The zero-order chi connectivity index (χ0) is 23.0. The van der Waals surface area contributed by atoms with E-state index in [0.29, 0.717) is 43.0 Å². The van der Waals surface area contributed by atoms with Crippen LogP contribution in [0.25, 0.3) is 0 Å². The first-order chi connectivity index (χ1) is 16.0. The molecule has 5 rings (SSSR count). The van der Waals surface area contributed by atoms with E-state index in [0.717, 1.165) is 4.47 Å². The number of carbonyl (C=O) groups excluding carboxylic acids is 1. The Bertz CT molecular complexity index is 1250. The summed E-state index contributed by atoms with van der Waals surface area (Å²) in [4.78, 5) is 14.5. The quantitative estimate of drug-likeness (QED) is 0.516. The fourth-order valence-electron chi connectivity index (χ4n) is 3.96. The van der Waals surface area contributed by atoms with E-state index in [2.05, 4.69) is 22.0 Å². The van der Waals surface area contributed by atoms with Gasteiger partial charge in [0.25, 0.3) is 5.91 Å². The molecule has 3 aromatic carbocycles. The molecule has 1 saturated heterocycles.